The first-order valence-corrected chi connectivity index (χ1v) is 14.3. The van der Waals surface area contributed by atoms with Crippen molar-refractivity contribution in [3.05, 3.63) is 94.5 Å². The fourth-order valence-electron chi connectivity index (χ4n) is 4.41. The monoisotopic (exact) mass is 597 g/mol. The lowest BCUT2D eigenvalue weighted by molar-refractivity contribution is -0.274. The maximum absolute atomic E-state index is 12.7. The molecule has 11 heteroatoms. The van der Waals surface area contributed by atoms with Crippen molar-refractivity contribution in [2.75, 3.05) is 17.2 Å². The molecule has 220 valence electrons. The van der Waals surface area contributed by atoms with Gasteiger partial charge in [-0.15, -0.1) is 13.2 Å². The van der Waals surface area contributed by atoms with Crippen molar-refractivity contribution in [2.45, 2.75) is 45.9 Å². The Balaban J connectivity index is 1.30. The van der Waals surface area contributed by atoms with E-state index in [1.807, 2.05) is 37.3 Å². The van der Waals surface area contributed by atoms with Crippen LogP contribution >= 0.6 is 11.8 Å². The van der Waals surface area contributed by atoms with Gasteiger partial charge in [-0.3, -0.25) is 14.5 Å². The van der Waals surface area contributed by atoms with Gasteiger partial charge in [0.1, 0.15) is 5.75 Å². The highest BCUT2D eigenvalue weighted by Gasteiger charge is 2.33. The summed E-state index contributed by atoms with van der Waals surface area (Å²) in [4.78, 5) is 43.6. The molecule has 1 N–H and O–H groups in total. The molecule has 0 atom stereocenters. The Hall–Kier alpha value is -4.12. The summed E-state index contributed by atoms with van der Waals surface area (Å²) in [6.07, 6.45) is -4.18. The summed E-state index contributed by atoms with van der Waals surface area (Å²) in [6.45, 7) is 6.37. The van der Waals surface area contributed by atoms with E-state index in [4.69, 9.17) is 0 Å². The molecule has 0 aliphatic carbocycles. The van der Waals surface area contributed by atoms with E-state index in [-0.39, 0.29) is 41.1 Å². The Morgan fingerprint density at radius 3 is 2.33 bits per heavy atom. The van der Waals surface area contributed by atoms with Gasteiger partial charge in [0.2, 0.25) is 5.91 Å². The maximum Gasteiger partial charge on any atom is 0.573 e. The second-order valence-electron chi connectivity index (χ2n) is 10.1. The number of ether oxygens (including phenoxy) is 1. The second kappa shape index (κ2) is 13.2. The number of hydrogen-bond donors (Lipinski definition) is 1. The Bertz CT molecular complexity index is 1490. The first kappa shape index (κ1) is 30.8. The third-order valence-electron chi connectivity index (χ3n) is 6.50. The predicted molar refractivity (Wildman–Crippen MR) is 157 cm³/mol. The molecule has 1 aliphatic heterocycles. The molecule has 42 heavy (non-hydrogen) atoms. The molecular formula is C31H30F3N3O4S. The number of amides is 3. The van der Waals surface area contributed by atoms with Gasteiger partial charge in [-0.25, -0.2) is 4.79 Å². The SMILES string of the molecule is Cc1ccc(C(C)C)c(N2C(=O)CSC2=NC(=O)NCCc2ccc(CC(=O)c3ccc(OC(F)(F)F)cc3)cc2)c1. The third kappa shape index (κ3) is 8.22. The summed E-state index contributed by atoms with van der Waals surface area (Å²) in [5.74, 6) is -0.348. The van der Waals surface area contributed by atoms with Crippen LogP contribution in [-0.2, 0) is 17.6 Å². The zero-order valence-electron chi connectivity index (χ0n) is 23.3. The molecule has 4 rings (SSSR count). The molecule has 1 heterocycles. The zero-order valence-corrected chi connectivity index (χ0v) is 24.1. The first-order valence-electron chi connectivity index (χ1n) is 13.3. The van der Waals surface area contributed by atoms with E-state index in [0.29, 0.717) is 18.1 Å². The van der Waals surface area contributed by atoms with Gasteiger partial charge in [-0.1, -0.05) is 62.0 Å². The van der Waals surface area contributed by atoms with E-state index in [1.54, 1.807) is 12.1 Å². The summed E-state index contributed by atoms with van der Waals surface area (Å²) >= 11 is 1.23. The second-order valence-corrected chi connectivity index (χ2v) is 11.0. The summed E-state index contributed by atoms with van der Waals surface area (Å²) in [6, 6.07) is 17.5. The van der Waals surface area contributed by atoms with Crippen molar-refractivity contribution in [1.29, 1.82) is 0 Å². The summed E-state index contributed by atoms with van der Waals surface area (Å²) in [7, 11) is 0. The molecule has 1 fully saturated rings. The summed E-state index contributed by atoms with van der Waals surface area (Å²) in [5.41, 5.74) is 4.71. The van der Waals surface area contributed by atoms with Crippen LogP contribution in [0.3, 0.4) is 0 Å². The van der Waals surface area contributed by atoms with Crippen LogP contribution in [0.2, 0.25) is 0 Å². The van der Waals surface area contributed by atoms with Gasteiger partial charge < -0.3 is 10.1 Å². The number of hydrogen-bond acceptors (Lipinski definition) is 5. The van der Waals surface area contributed by atoms with Gasteiger partial charge in [0.05, 0.1) is 11.4 Å². The van der Waals surface area contributed by atoms with Gasteiger partial charge in [-0.05, 0) is 71.8 Å². The number of Topliss-reactive ketones (excluding diaryl/α,β-unsaturated/α-hetero) is 1. The molecule has 3 aromatic carbocycles. The number of urea groups is 1. The lowest BCUT2D eigenvalue weighted by Crippen LogP contribution is -2.32. The number of nitrogens with one attached hydrogen (secondary N) is 1. The van der Waals surface area contributed by atoms with Crippen LogP contribution in [0.1, 0.15) is 52.4 Å². The number of carbonyl (C=O) groups excluding carboxylic acids is 3. The summed E-state index contributed by atoms with van der Waals surface area (Å²) < 4.78 is 40.8. The number of ketones is 1. The highest BCUT2D eigenvalue weighted by atomic mass is 32.2. The van der Waals surface area contributed by atoms with Crippen molar-refractivity contribution in [2.24, 2.45) is 4.99 Å². The fraction of sp³-hybridized carbons (Fsp3) is 0.290. The van der Waals surface area contributed by atoms with E-state index in [0.717, 1.165) is 40.1 Å². The molecule has 0 bridgehead atoms. The van der Waals surface area contributed by atoms with Crippen LogP contribution in [0.5, 0.6) is 5.75 Å². The first-order chi connectivity index (χ1) is 19.9. The van der Waals surface area contributed by atoms with Crippen molar-refractivity contribution in [3.8, 4) is 5.75 Å². The molecule has 1 aliphatic rings. The molecule has 3 aromatic rings. The number of thioether (sulfide) groups is 1. The quantitative estimate of drug-likeness (QED) is 0.273. The number of anilines is 1. The van der Waals surface area contributed by atoms with Crippen molar-refractivity contribution in [1.82, 2.24) is 5.32 Å². The standard InChI is InChI=1S/C31H30F3N3O4S/c1-19(2)25-13-4-20(3)16-26(25)37-28(39)18-42-30(37)36-29(40)35-15-14-21-5-7-22(8-6-21)17-27(38)23-9-11-24(12-10-23)41-31(32,33)34/h4-13,16,19H,14-15,17-18H2,1-3H3,(H,35,40). The molecular weight excluding hydrogens is 567 g/mol. The van der Waals surface area contributed by atoms with Crippen molar-refractivity contribution < 1.29 is 32.3 Å². The topological polar surface area (TPSA) is 88.1 Å². The number of amidine groups is 1. The Morgan fingerprint density at radius 1 is 1.02 bits per heavy atom. The molecule has 3 amide bonds. The van der Waals surface area contributed by atoms with E-state index in [1.165, 1.54) is 28.8 Å². The van der Waals surface area contributed by atoms with Gasteiger partial charge >= 0.3 is 12.4 Å². The average Bonchev–Trinajstić information content (AvgIpc) is 3.28. The van der Waals surface area contributed by atoms with E-state index in [2.05, 4.69) is 28.9 Å². The highest BCUT2D eigenvalue weighted by Crippen LogP contribution is 2.34. The number of aryl methyl sites for hydroxylation is 1. The minimum atomic E-state index is -4.79. The summed E-state index contributed by atoms with van der Waals surface area (Å²) in [5, 5.41) is 3.12. The number of alkyl halides is 3. The minimum Gasteiger partial charge on any atom is -0.406 e. The van der Waals surface area contributed by atoms with E-state index >= 15 is 0 Å². The van der Waals surface area contributed by atoms with Crippen LogP contribution in [0.25, 0.3) is 0 Å². The van der Waals surface area contributed by atoms with Gasteiger partial charge in [0.25, 0.3) is 0 Å². The smallest absolute Gasteiger partial charge is 0.406 e. The molecule has 1 saturated heterocycles. The number of halogens is 3. The normalized spacial score (nSPS) is 14.5. The Labute approximate surface area is 246 Å². The minimum absolute atomic E-state index is 0.0837. The van der Waals surface area contributed by atoms with Crippen LogP contribution in [0, 0.1) is 6.92 Å². The average molecular weight is 598 g/mol. The largest absolute Gasteiger partial charge is 0.573 e. The number of aliphatic imine (C=N–C) groups is 1. The lowest BCUT2D eigenvalue weighted by atomic mass is 9.99. The highest BCUT2D eigenvalue weighted by molar-refractivity contribution is 8.15. The number of nitrogens with zero attached hydrogens (tertiary/aromatic N) is 2. The maximum atomic E-state index is 12.7. The predicted octanol–water partition coefficient (Wildman–Crippen LogP) is 6.83. The van der Waals surface area contributed by atoms with Gasteiger partial charge in [0, 0.05) is 18.5 Å². The van der Waals surface area contributed by atoms with Crippen LogP contribution in [0.15, 0.2) is 71.7 Å². The zero-order chi connectivity index (χ0) is 30.4. The number of benzene rings is 3. The molecule has 0 radical (unpaired) electrons. The molecule has 0 spiro atoms. The van der Waals surface area contributed by atoms with Crippen LogP contribution in [-0.4, -0.2) is 41.5 Å². The van der Waals surface area contributed by atoms with Gasteiger partial charge in [0.15, 0.2) is 11.0 Å². The fourth-order valence-corrected chi connectivity index (χ4v) is 5.27. The number of rotatable bonds is 9. The van der Waals surface area contributed by atoms with Crippen LogP contribution in [0.4, 0.5) is 23.7 Å². The van der Waals surface area contributed by atoms with E-state index in [9.17, 15) is 27.6 Å². The molecule has 0 unspecified atom stereocenters. The van der Waals surface area contributed by atoms with E-state index < -0.39 is 12.4 Å². The molecule has 7 nitrogen and oxygen atoms in total. The van der Waals surface area contributed by atoms with Crippen LogP contribution < -0.4 is 15.0 Å². The molecule has 0 aromatic heterocycles. The Kier molecular flexibility index (Phi) is 9.72. The number of carbonyl (C=O) groups is 3. The molecule has 0 saturated carbocycles. The van der Waals surface area contributed by atoms with Crippen molar-refractivity contribution >= 4 is 40.3 Å². The lowest BCUT2D eigenvalue weighted by Gasteiger charge is -2.22. The van der Waals surface area contributed by atoms with Crippen molar-refractivity contribution in [3.63, 3.8) is 0 Å². The Morgan fingerprint density at radius 2 is 1.69 bits per heavy atom. The third-order valence-corrected chi connectivity index (χ3v) is 7.42. The van der Waals surface area contributed by atoms with Gasteiger partial charge in [-0.2, -0.15) is 4.99 Å².